The molecule has 5 rings (SSSR count). The van der Waals surface area contributed by atoms with Gasteiger partial charge in [0.1, 0.15) is 0 Å². The molecule has 1 aromatic heterocycles. The number of aromatic nitrogens is 1. The topological polar surface area (TPSA) is 76.3 Å². The second kappa shape index (κ2) is 9.80. The molecular weight excluding hydrogens is 450 g/mol. The van der Waals surface area contributed by atoms with Gasteiger partial charge in [-0.1, -0.05) is 78.4 Å². The van der Waals surface area contributed by atoms with Crippen molar-refractivity contribution in [1.29, 1.82) is 0 Å². The van der Waals surface area contributed by atoms with Crippen molar-refractivity contribution in [2.24, 2.45) is 0 Å². The van der Waals surface area contributed by atoms with Crippen LogP contribution in [0, 0.1) is 17.0 Å². The molecule has 4 aromatic carbocycles. The average molecular weight is 474 g/mol. The highest BCUT2D eigenvalue weighted by atomic mass is 16.6. The number of amides is 1. The average Bonchev–Trinajstić information content (AvgIpc) is 2.92. The van der Waals surface area contributed by atoms with E-state index in [9.17, 15) is 14.9 Å². The third-order valence-electron chi connectivity index (χ3n) is 6.09. The fourth-order valence-corrected chi connectivity index (χ4v) is 4.17. The van der Waals surface area contributed by atoms with Crippen LogP contribution in [-0.2, 0) is 6.54 Å². The predicted octanol–water partition coefficient (Wildman–Crippen LogP) is 6.97. The minimum absolute atomic E-state index is 0.0135. The van der Waals surface area contributed by atoms with Gasteiger partial charge in [-0.05, 0) is 36.8 Å². The van der Waals surface area contributed by atoms with Gasteiger partial charge in [0.15, 0.2) is 0 Å². The number of aryl methyl sites for hydroxylation is 1. The molecule has 0 saturated heterocycles. The molecule has 0 atom stereocenters. The number of nitro groups is 1. The van der Waals surface area contributed by atoms with Crippen molar-refractivity contribution in [3.63, 3.8) is 0 Å². The van der Waals surface area contributed by atoms with Crippen LogP contribution in [0.25, 0.3) is 22.2 Å². The van der Waals surface area contributed by atoms with Gasteiger partial charge >= 0.3 is 0 Å². The fraction of sp³-hybridized carbons (Fsp3) is 0.0667. The molecule has 0 aliphatic heterocycles. The van der Waals surface area contributed by atoms with Crippen LogP contribution in [0.4, 0.5) is 11.4 Å². The van der Waals surface area contributed by atoms with Crippen LogP contribution in [0.2, 0.25) is 0 Å². The standard InChI is InChI=1S/C30H23N3O3/c1-21-11-15-24(16-12-21)32(20-22-13-17-25(18-14-22)33(35)36)30(34)27-19-29(23-7-3-2-4-8-23)31-28-10-6-5-9-26(27)28/h2-19H,20H2,1H3. The number of carbonyl (C=O) groups excluding carboxylic acids is 1. The molecule has 0 aliphatic rings. The molecule has 1 heterocycles. The smallest absolute Gasteiger partial charge is 0.269 e. The highest BCUT2D eigenvalue weighted by molar-refractivity contribution is 6.14. The molecule has 0 radical (unpaired) electrons. The molecule has 0 bridgehead atoms. The van der Waals surface area contributed by atoms with Crippen molar-refractivity contribution in [3.8, 4) is 11.3 Å². The molecule has 6 heteroatoms. The number of benzene rings is 4. The molecule has 0 saturated carbocycles. The van der Waals surface area contributed by atoms with E-state index in [0.29, 0.717) is 5.56 Å². The summed E-state index contributed by atoms with van der Waals surface area (Å²) in [7, 11) is 0. The van der Waals surface area contributed by atoms with E-state index in [0.717, 1.165) is 39.0 Å². The fourth-order valence-electron chi connectivity index (χ4n) is 4.17. The number of fused-ring (bicyclic) bond motifs is 1. The van der Waals surface area contributed by atoms with Crippen molar-refractivity contribution in [2.75, 3.05) is 4.90 Å². The minimum atomic E-state index is -0.430. The Morgan fingerprint density at radius 2 is 1.53 bits per heavy atom. The van der Waals surface area contributed by atoms with E-state index >= 15 is 0 Å². The zero-order valence-electron chi connectivity index (χ0n) is 19.7. The first-order chi connectivity index (χ1) is 17.5. The lowest BCUT2D eigenvalue weighted by molar-refractivity contribution is -0.384. The molecule has 5 aromatic rings. The second-order valence-electron chi connectivity index (χ2n) is 8.59. The Bertz CT molecular complexity index is 1550. The van der Waals surface area contributed by atoms with Crippen LogP contribution in [0.3, 0.4) is 0 Å². The summed E-state index contributed by atoms with van der Waals surface area (Å²) in [4.78, 5) is 31.4. The number of para-hydroxylation sites is 1. The molecule has 1 amide bonds. The summed E-state index contributed by atoms with van der Waals surface area (Å²) in [6.45, 7) is 2.26. The van der Waals surface area contributed by atoms with Crippen molar-refractivity contribution in [2.45, 2.75) is 13.5 Å². The number of pyridine rings is 1. The molecule has 0 unspecified atom stereocenters. The number of carbonyl (C=O) groups is 1. The Kier molecular flexibility index (Phi) is 6.24. The van der Waals surface area contributed by atoms with Crippen molar-refractivity contribution >= 4 is 28.2 Å². The van der Waals surface area contributed by atoms with Crippen LogP contribution in [0.15, 0.2) is 109 Å². The Balaban J connectivity index is 1.62. The summed E-state index contributed by atoms with van der Waals surface area (Å²) in [6, 6.07) is 33.3. The van der Waals surface area contributed by atoms with E-state index in [1.165, 1.54) is 12.1 Å². The van der Waals surface area contributed by atoms with E-state index in [1.807, 2.05) is 91.9 Å². The first-order valence-corrected chi connectivity index (χ1v) is 11.6. The van der Waals surface area contributed by atoms with Crippen molar-refractivity contribution < 1.29 is 9.72 Å². The summed E-state index contributed by atoms with van der Waals surface area (Å²) in [5, 5.41) is 11.9. The Morgan fingerprint density at radius 1 is 0.861 bits per heavy atom. The quantitative estimate of drug-likeness (QED) is 0.197. The molecule has 176 valence electrons. The van der Waals surface area contributed by atoms with Crippen LogP contribution in [0.5, 0.6) is 0 Å². The summed E-state index contributed by atoms with van der Waals surface area (Å²) < 4.78 is 0. The van der Waals surface area contributed by atoms with E-state index in [4.69, 9.17) is 4.98 Å². The van der Waals surface area contributed by atoms with Gasteiger partial charge in [0.2, 0.25) is 0 Å². The van der Waals surface area contributed by atoms with Crippen molar-refractivity contribution in [1.82, 2.24) is 4.98 Å². The van der Waals surface area contributed by atoms with Crippen LogP contribution in [0.1, 0.15) is 21.5 Å². The highest BCUT2D eigenvalue weighted by Gasteiger charge is 2.22. The Labute approximate surface area is 208 Å². The molecule has 6 nitrogen and oxygen atoms in total. The van der Waals surface area contributed by atoms with Gasteiger partial charge in [-0.2, -0.15) is 0 Å². The number of rotatable bonds is 6. The normalized spacial score (nSPS) is 10.8. The molecule has 0 fully saturated rings. The van der Waals surface area contributed by atoms with E-state index in [2.05, 4.69) is 0 Å². The largest absolute Gasteiger partial charge is 0.304 e. The molecule has 36 heavy (non-hydrogen) atoms. The van der Waals surface area contributed by atoms with Crippen LogP contribution < -0.4 is 4.90 Å². The zero-order chi connectivity index (χ0) is 25.1. The second-order valence-corrected chi connectivity index (χ2v) is 8.59. The summed E-state index contributed by atoms with van der Waals surface area (Å²) >= 11 is 0. The van der Waals surface area contributed by atoms with Crippen LogP contribution in [-0.4, -0.2) is 15.8 Å². The molecule has 0 aliphatic carbocycles. The molecule has 0 spiro atoms. The van der Waals surface area contributed by atoms with Gasteiger partial charge in [0.25, 0.3) is 11.6 Å². The third kappa shape index (κ3) is 4.70. The third-order valence-corrected chi connectivity index (χ3v) is 6.09. The number of anilines is 1. The minimum Gasteiger partial charge on any atom is -0.304 e. The Hall–Kier alpha value is -4.84. The monoisotopic (exact) mass is 473 g/mol. The lowest BCUT2D eigenvalue weighted by atomic mass is 10.0. The number of non-ortho nitro benzene ring substituents is 1. The van der Waals surface area contributed by atoms with Gasteiger partial charge in [0, 0.05) is 28.8 Å². The lowest BCUT2D eigenvalue weighted by Crippen LogP contribution is -2.30. The summed E-state index contributed by atoms with van der Waals surface area (Å²) in [5.74, 6) is -0.173. The lowest BCUT2D eigenvalue weighted by Gasteiger charge is -2.24. The predicted molar refractivity (Wildman–Crippen MR) is 142 cm³/mol. The number of hydrogen-bond donors (Lipinski definition) is 0. The number of nitrogens with zero attached hydrogens (tertiary/aromatic N) is 3. The number of hydrogen-bond acceptors (Lipinski definition) is 4. The molecular formula is C30H23N3O3. The van der Waals surface area contributed by atoms with E-state index in [1.54, 1.807) is 17.0 Å². The van der Waals surface area contributed by atoms with Gasteiger partial charge in [-0.15, -0.1) is 0 Å². The maximum absolute atomic E-state index is 14.2. The summed E-state index contributed by atoms with van der Waals surface area (Å²) in [6.07, 6.45) is 0. The zero-order valence-corrected chi connectivity index (χ0v) is 19.7. The van der Waals surface area contributed by atoms with Gasteiger partial charge < -0.3 is 4.90 Å². The maximum atomic E-state index is 14.2. The number of nitro benzene ring substituents is 1. The first kappa shape index (κ1) is 22.9. The summed E-state index contributed by atoms with van der Waals surface area (Å²) in [5.41, 5.74) is 5.55. The van der Waals surface area contributed by atoms with E-state index in [-0.39, 0.29) is 18.1 Å². The molecule has 0 N–H and O–H groups in total. The Morgan fingerprint density at radius 3 is 2.22 bits per heavy atom. The van der Waals surface area contributed by atoms with Gasteiger partial charge in [-0.3, -0.25) is 14.9 Å². The highest BCUT2D eigenvalue weighted by Crippen LogP contribution is 2.29. The van der Waals surface area contributed by atoms with Crippen LogP contribution >= 0.6 is 0 Å². The maximum Gasteiger partial charge on any atom is 0.269 e. The van der Waals surface area contributed by atoms with Gasteiger partial charge in [-0.25, -0.2) is 4.98 Å². The van der Waals surface area contributed by atoms with Gasteiger partial charge in [0.05, 0.1) is 28.2 Å². The first-order valence-electron chi connectivity index (χ1n) is 11.6. The van der Waals surface area contributed by atoms with E-state index < -0.39 is 4.92 Å². The SMILES string of the molecule is Cc1ccc(N(Cc2ccc([N+](=O)[O-])cc2)C(=O)c2cc(-c3ccccc3)nc3ccccc23)cc1. The van der Waals surface area contributed by atoms with Crippen molar-refractivity contribution in [3.05, 3.63) is 136 Å².